The topological polar surface area (TPSA) is 38.7 Å². The van der Waals surface area contributed by atoms with E-state index in [2.05, 4.69) is 15.0 Å². The van der Waals surface area contributed by atoms with Crippen molar-refractivity contribution in [2.75, 3.05) is 0 Å². The minimum Gasteiger partial charge on any atom is -0.208 e. The Morgan fingerprint density at radius 3 is 1.35 bits per heavy atom. The summed E-state index contributed by atoms with van der Waals surface area (Å²) >= 11 is 12.8. The van der Waals surface area contributed by atoms with Gasteiger partial charge in [-0.15, -0.1) is 0 Å². The first-order chi connectivity index (χ1) is 12.7. The fraction of sp³-hybridized carbons (Fsp3) is 0. The molecule has 0 radical (unpaired) electrons. The molecule has 0 bridgehead atoms. The minimum absolute atomic E-state index is 0.452. The van der Waals surface area contributed by atoms with Crippen molar-refractivity contribution in [2.45, 2.75) is 0 Å². The Morgan fingerprint density at radius 1 is 0.462 bits per heavy atom. The van der Waals surface area contributed by atoms with E-state index >= 15 is 0 Å². The maximum atomic E-state index is 6.38. The smallest absolute Gasteiger partial charge is 0.167 e. The summed E-state index contributed by atoms with van der Waals surface area (Å²) in [7, 11) is 0. The van der Waals surface area contributed by atoms with Crippen LogP contribution < -0.4 is 0 Å². The molecule has 0 amide bonds. The van der Waals surface area contributed by atoms with E-state index in [9.17, 15) is 0 Å². The predicted molar refractivity (Wildman–Crippen MR) is 106 cm³/mol. The molecule has 1 heterocycles. The standard InChI is InChI=1S/C21H13Cl2N3/c22-16-12-7-13-17(23)18(16)21-25-19(14-8-3-1-4-9-14)24-20(26-21)15-10-5-2-6-11-15/h1-13H. The molecule has 0 saturated heterocycles. The highest BCUT2D eigenvalue weighted by atomic mass is 35.5. The van der Waals surface area contributed by atoms with Gasteiger partial charge in [-0.2, -0.15) is 0 Å². The number of rotatable bonds is 3. The average molecular weight is 378 g/mol. The molecule has 0 N–H and O–H groups in total. The zero-order valence-corrected chi connectivity index (χ0v) is 15.1. The van der Waals surface area contributed by atoms with Gasteiger partial charge in [0.25, 0.3) is 0 Å². The van der Waals surface area contributed by atoms with Crippen LogP contribution in [0.5, 0.6) is 0 Å². The molecular formula is C21H13Cl2N3. The Labute approximate surface area is 161 Å². The molecule has 5 heteroatoms. The number of nitrogens with zero attached hydrogens (tertiary/aromatic N) is 3. The highest BCUT2D eigenvalue weighted by molar-refractivity contribution is 6.39. The summed E-state index contributed by atoms with van der Waals surface area (Å²) in [6.07, 6.45) is 0. The molecule has 0 aliphatic rings. The molecule has 0 atom stereocenters. The normalized spacial score (nSPS) is 10.7. The summed E-state index contributed by atoms with van der Waals surface area (Å²) in [4.78, 5) is 13.9. The van der Waals surface area contributed by atoms with Crippen LogP contribution in [-0.4, -0.2) is 15.0 Å². The first kappa shape index (κ1) is 16.7. The molecular weight excluding hydrogens is 365 g/mol. The fourth-order valence-electron chi connectivity index (χ4n) is 2.63. The second kappa shape index (κ2) is 7.24. The average Bonchev–Trinajstić information content (AvgIpc) is 2.69. The minimum atomic E-state index is 0.452. The second-order valence-electron chi connectivity index (χ2n) is 5.63. The molecule has 1 aromatic heterocycles. The quantitative estimate of drug-likeness (QED) is 0.427. The molecule has 3 aromatic carbocycles. The van der Waals surface area contributed by atoms with Crippen LogP contribution in [-0.2, 0) is 0 Å². The third-order valence-corrected chi connectivity index (χ3v) is 4.52. The lowest BCUT2D eigenvalue weighted by Crippen LogP contribution is -2.00. The van der Waals surface area contributed by atoms with Crippen molar-refractivity contribution in [1.82, 2.24) is 15.0 Å². The Bertz CT molecular complexity index is 973. The lowest BCUT2D eigenvalue weighted by atomic mass is 10.1. The largest absolute Gasteiger partial charge is 0.208 e. The summed E-state index contributed by atoms with van der Waals surface area (Å²) in [5.74, 6) is 1.60. The Kier molecular flexibility index (Phi) is 4.65. The third-order valence-electron chi connectivity index (χ3n) is 3.89. The molecule has 0 unspecified atom stereocenters. The molecule has 0 saturated carbocycles. The lowest BCUT2D eigenvalue weighted by Gasteiger charge is -2.10. The predicted octanol–water partition coefficient (Wildman–Crippen LogP) is 6.18. The van der Waals surface area contributed by atoms with Crippen LogP contribution in [0.4, 0.5) is 0 Å². The monoisotopic (exact) mass is 377 g/mol. The number of hydrogen-bond donors (Lipinski definition) is 0. The lowest BCUT2D eigenvalue weighted by molar-refractivity contribution is 1.07. The van der Waals surface area contributed by atoms with E-state index < -0.39 is 0 Å². The summed E-state index contributed by atoms with van der Waals surface area (Å²) in [5, 5.41) is 1.00. The third kappa shape index (κ3) is 3.32. The van der Waals surface area contributed by atoms with Gasteiger partial charge >= 0.3 is 0 Å². The van der Waals surface area contributed by atoms with Gasteiger partial charge in [0.15, 0.2) is 17.5 Å². The van der Waals surface area contributed by atoms with Gasteiger partial charge in [-0.25, -0.2) is 15.0 Å². The highest BCUT2D eigenvalue weighted by Crippen LogP contribution is 2.34. The van der Waals surface area contributed by atoms with Crippen LogP contribution >= 0.6 is 23.2 Å². The second-order valence-corrected chi connectivity index (χ2v) is 6.45. The summed E-state index contributed by atoms with van der Waals surface area (Å²) < 4.78 is 0. The van der Waals surface area contributed by atoms with E-state index in [0.717, 1.165) is 11.1 Å². The SMILES string of the molecule is Clc1cccc(Cl)c1-c1nc(-c2ccccc2)nc(-c2ccccc2)n1. The van der Waals surface area contributed by atoms with Crippen molar-refractivity contribution in [3.05, 3.63) is 88.9 Å². The molecule has 0 spiro atoms. The van der Waals surface area contributed by atoms with Gasteiger partial charge in [0, 0.05) is 11.1 Å². The first-order valence-corrected chi connectivity index (χ1v) is 8.79. The van der Waals surface area contributed by atoms with E-state index in [1.807, 2.05) is 60.7 Å². The van der Waals surface area contributed by atoms with E-state index in [-0.39, 0.29) is 0 Å². The zero-order chi connectivity index (χ0) is 17.9. The van der Waals surface area contributed by atoms with Gasteiger partial charge in [-0.1, -0.05) is 89.9 Å². The Hall–Kier alpha value is -2.75. The number of hydrogen-bond acceptors (Lipinski definition) is 3. The molecule has 126 valence electrons. The van der Waals surface area contributed by atoms with Gasteiger partial charge in [0.2, 0.25) is 0 Å². The molecule has 4 aromatic rings. The van der Waals surface area contributed by atoms with Gasteiger partial charge in [-0.05, 0) is 12.1 Å². The highest BCUT2D eigenvalue weighted by Gasteiger charge is 2.16. The molecule has 0 aliphatic heterocycles. The van der Waals surface area contributed by atoms with Crippen molar-refractivity contribution < 1.29 is 0 Å². The van der Waals surface area contributed by atoms with Crippen molar-refractivity contribution in [1.29, 1.82) is 0 Å². The summed E-state index contributed by atoms with van der Waals surface area (Å²) in [6, 6.07) is 24.9. The van der Waals surface area contributed by atoms with Gasteiger partial charge in [0.1, 0.15) is 0 Å². The van der Waals surface area contributed by atoms with Gasteiger partial charge < -0.3 is 0 Å². The van der Waals surface area contributed by atoms with Gasteiger partial charge in [-0.3, -0.25) is 0 Å². The van der Waals surface area contributed by atoms with Crippen molar-refractivity contribution in [3.63, 3.8) is 0 Å². The number of halogens is 2. The van der Waals surface area contributed by atoms with Gasteiger partial charge in [0.05, 0.1) is 15.6 Å². The van der Waals surface area contributed by atoms with Crippen LogP contribution in [0.1, 0.15) is 0 Å². The van der Waals surface area contributed by atoms with E-state index in [1.165, 1.54) is 0 Å². The van der Waals surface area contributed by atoms with Crippen LogP contribution in [0.25, 0.3) is 34.2 Å². The maximum Gasteiger partial charge on any atom is 0.167 e. The van der Waals surface area contributed by atoms with E-state index in [0.29, 0.717) is 33.1 Å². The van der Waals surface area contributed by atoms with Crippen LogP contribution in [0.3, 0.4) is 0 Å². The van der Waals surface area contributed by atoms with Crippen molar-refractivity contribution >= 4 is 23.2 Å². The summed E-state index contributed by atoms with van der Waals surface area (Å²) in [6.45, 7) is 0. The van der Waals surface area contributed by atoms with E-state index in [1.54, 1.807) is 18.2 Å². The molecule has 3 nitrogen and oxygen atoms in total. The fourth-order valence-corrected chi connectivity index (χ4v) is 3.20. The first-order valence-electron chi connectivity index (χ1n) is 8.03. The maximum absolute atomic E-state index is 6.38. The van der Waals surface area contributed by atoms with Crippen molar-refractivity contribution in [3.8, 4) is 34.2 Å². The zero-order valence-electron chi connectivity index (χ0n) is 13.6. The summed E-state index contributed by atoms with van der Waals surface area (Å²) in [5.41, 5.74) is 2.40. The molecule has 4 rings (SSSR count). The molecule has 0 aliphatic carbocycles. The van der Waals surface area contributed by atoms with Crippen LogP contribution in [0, 0.1) is 0 Å². The molecule has 26 heavy (non-hydrogen) atoms. The van der Waals surface area contributed by atoms with E-state index in [4.69, 9.17) is 23.2 Å². The van der Waals surface area contributed by atoms with Crippen molar-refractivity contribution in [2.24, 2.45) is 0 Å². The number of benzene rings is 3. The van der Waals surface area contributed by atoms with Crippen LogP contribution in [0.15, 0.2) is 78.9 Å². The number of aromatic nitrogens is 3. The molecule has 0 fully saturated rings. The van der Waals surface area contributed by atoms with Crippen LogP contribution in [0.2, 0.25) is 10.0 Å². The Morgan fingerprint density at radius 2 is 0.885 bits per heavy atom. The Balaban J connectivity index is 1.97.